The largest absolute Gasteiger partial charge is 0.493 e. The second-order valence-electron chi connectivity index (χ2n) is 7.84. The molecule has 12 nitrogen and oxygen atoms in total. The number of benzene rings is 2. The van der Waals surface area contributed by atoms with E-state index in [-0.39, 0.29) is 29.5 Å². The molecule has 2 amide bonds. The fourth-order valence-corrected chi connectivity index (χ4v) is 4.06. The van der Waals surface area contributed by atoms with Crippen LogP contribution in [0.3, 0.4) is 0 Å². The molecule has 0 saturated carbocycles. The predicted octanol–water partition coefficient (Wildman–Crippen LogP) is 2.59. The number of carbonyl (C=O) groups is 1. The van der Waals surface area contributed by atoms with Gasteiger partial charge in [-0.3, -0.25) is 18.5 Å². The van der Waals surface area contributed by atoms with Gasteiger partial charge in [-0.25, -0.2) is 15.0 Å². The van der Waals surface area contributed by atoms with Crippen molar-refractivity contribution >= 4 is 46.6 Å². The number of nitrogens with zero attached hydrogens (tertiary/aromatic N) is 5. The summed E-state index contributed by atoms with van der Waals surface area (Å²) >= 11 is 12.4. The zero-order chi connectivity index (χ0) is 26.9. The lowest BCUT2D eigenvalue weighted by Crippen LogP contribution is -2.37. The molecule has 192 valence electrons. The molecule has 0 saturated heterocycles. The van der Waals surface area contributed by atoms with E-state index in [1.54, 1.807) is 36.4 Å². The van der Waals surface area contributed by atoms with Crippen molar-refractivity contribution in [2.75, 3.05) is 7.11 Å². The number of methoxy groups -OCH3 is 1. The summed E-state index contributed by atoms with van der Waals surface area (Å²) in [6, 6.07) is 9.07. The Morgan fingerprint density at radius 2 is 1.89 bits per heavy atom. The summed E-state index contributed by atoms with van der Waals surface area (Å²) in [5.41, 5.74) is 7.52. The Morgan fingerprint density at radius 1 is 1.14 bits per heavy atom. The Kier molecular flexibility index (Phi) is 7.23. The molecule has 0 unspecified atom stereocenters. The topological polar surface area (TPSA) is 148 Å². The number of imidazole rings is 1. The first kappa shape index (κ1) is 25.8. The minimum absolute atomic E-state index is 0.0226. The molecule has 0 aliphatic carbocycles. The summed E-state index contributed by atoms with van der Waals surface area (Å²) in [6.07, 6.45) is 1.37. The maximum Gasteiger partial charge on any atom is 0.332 e. The number of carbonyl (C=O) groups excluding carboxylic acids is 1. The van der Waals surface area contributed by atoms with Crippen LogP contribution in [-0.2, 0) is 20.6 Å². The van der Waals surface area contributed by atoms with Gasteiger partial charge in [0.2, 0.25) is 0 Å². The molecule has 0 radical (unpaired) electrons. The van der Waals surface area contributed by atoms with Crippen molar-refractivity contribution in [3.63, 3.8) is 0 Å². The molecule has 0 spiro atoms. The van der Waals surface area contributed by atoms with Crippen molar-refractivity contribution in [3.05, 3.63) is 78.4 Å². The Balaban J connectivity index is 1.85. The smallest absolute Gasteiger partial charge is 0.332 e. The number of primary amides is 1. The normalized spacial score (nSPS) is 11.3. The number of fused-ring (bicyclic) bond motifs is 1. The van der Waals surface area contributed by atoms with E-state index in [1.165, 1.54) is 36.6 Å². The molecule has 4 rings (SSSR count). The minimum Gasteiger partial charge on any atom is -0.493 e. The highest BCUT2D eigenvalue weighted by Gasteiger charge is 2.22. The van der Waals surface area contributed by atoms with E-state index in [0.717, 1.165) is 4.57 Å². The van der Waals surface area contributed by atoms with Gasteiger partial charge in [0.25, 0.3) is 5.56 Å². The van der Waals surface area contributed by atoms with Crippen LogP contribution in [0.15, 0.2) is 51.1 Å². The Hall–Kier alpha value is -4.29. The second kappa shape index (κ2) is 10.4. The fraction of sp³-hybridized carbons (Fsp3) is 0.174. The molecule has 2 heterocycles. The van der Waals surface area contributed by atoms with Crippen LogP contribution in [0, 0.1) is 0 Å². The third kappa shape index (κ3) is 5.15. The Morgan fingerprint density at radius 3 is 2.57 bits per heavy atom. The number of rotatable bonds is 7. The van der Waals surface area contributed by atoms with Crippen LogP contribution in [0.2, 0.25) is 10.0 Å². The molecule has 0 aliphatic rings. The van der Waals surface area contributed by atoms with E-state index in [4.69, 9.17) is 38.4 Å². The number of urea groups is 1. The molecular formula is C23H21Cl2N7O5. The molecular weight excluding hydrogens is 525 g/mol. The molecule has 4 aromatic rings. The number of aryl methyl sites for hydroxylation is 1. The number of hydrazone groups is 1. The average Bonchev–Trinajstić information content (AvgIpc) is 3.21. The summed E-state index contributed by atoms with van der Waals surface area (Å²) in [4.78, 5) is 40.9. The Labute approximate surface area is 219 Å². The minimum atomic E-state index is -0.802. The van der Waals surface area contributed by atoms with Gasteiger partial charge >= 0.3 is 17.7 Å². The third-order valence-corrected chi connectivity index (χ3v) is 6.02. The summed E-state index contributed by atoms with van der Waals surface area (Å²) in [5, 5.41) is 4.56. The molecule has 0 bridgehead atoms. The number of amides is 2. The first-order valence-electron chi connectivity index (χ1n) is 10.6. The summed E-state index contributed by atoms with van der Waals surface area (Å²) < 4.78 is 15.3. The SMILES string of the molecule is COc1cc(C=NNC(N)=O)ccc1Oc1nc2c(c(=O)n(C)c(=O)n2C)n1Cc1ccc(Cl)cc1Cl. The van der Waals surface area contributed by atoms with E-state index in [1.807, 2.05) is 0 Å². The lowest BCUT2D eigenvalue weighted by atomic mass is 10.2. The molecule has 2 aromatic heterocycles. The number of hydrogen-bond acceptors (Lipinski definition) is 7. The monoisotopic (exact) mass is 545 g/mol. The first-order valence-corrected chi connectivity index (χ1v) is 11.4. The number of hydrogen-bond donors (Lipinski definition) is 2. The number of aromatic nitrogens is 4. The van der Waals surface area contributed by atoms with E-state index < -0.39 is 17.3 Å². The van der Waals surface area contributed by atoms with Crippen molar-refractivity contribution in [1.29, 1.82) is 0 Å². The van der Waals surface area contributed by atoms with E-state index in [9.17, 15) is 14.4 Å². The standard InChI is InChI=1S/C23H21Cl2N7O5/c1-30-19-18(20(33)31(2)23(30)35)32(11-13-5-6-14(24)9-15(13)25)22(28-19)37-16-7-4-12(8-17(16)36-3)10-27-29-21(26)34/h4-10H,11H2,1-3H3,(H3,26,29,34). The number of halogens is 2. The highest BCUT2D eigenvalue weighted by atomic mass is 35.5. The van der Waals surface area contributed by atoms with Gasteiger partial charge in [0.1, 0.15) is 0 Å². The summed E-state index contributed by atoms with van der Waals surface area (Å²) in [5.74, 6) is 0.580. The van der Waals surface area contributed by atoms with Crippen LogP contribution in [0.1, 0.15) is 11.1 Å². The van der Waals surface area contributed by atoms with Gasteiger partial charge in [-0.05, 0) is 41.5 Å². The van der Waals surface area contributed by atoms with E-state index >= 15 is 0 Å². The first-order chi connectivity index (χ1) is 17.6. The zero-order valence-corrected chi connectivity index (χ0v) is 21.4. The highest BCUT2D eigenvalue weighted by Crippen LogP contribution is 2.33. The van der Waals surface area contributed by atoms with Gasteiger partial charge < -0.3 is 15.2 Å². The van der Waals surface area contributed by atoms with Crippen LogP contribution in [0.5, 0.6) is 17.5 Å². The molecule has 37 heavy (non-hydrogen) atoms. The zero-order valence-electron chi connectivity index (χ0n) is 19.9. The van der Waals surface area contributed by atoms with Crippen LogP contribution in [0.4, 0.5) is 4.79 Å². The molecule has 2 aromatic carbocycles. The van der Waals surface area contributed by atoms with Gasteiger partial charge in [0, 0.05) is 24.1 Å². The second-order valence-corrected chi connectivity index (χ2v) is 8.68. The van der Waals surface area contributed by atoms with Gasteiger partial charge in [-0.1, -0.05) is 29.3 Å². The van der Waals surface area contributed by atoms with Crippen LogP contribution < -0.4 is 31.9 Å². The fourth-order valence-electron chi connectivity index (χ4n) is 3.59. The molecule has 14 heteroatoms. The van der Waals surface area contributed by atoms with E-state index in [2.05, 4.69) is 15.5 Å². The lowest BCUT2D eigenvalue weighted by molar-refractivity contribution is 0.249. The Bertz CT molecular complexity index is 1670. The molecule has 0 aliphatic heterocycles. The van der Waals surface area contributed by atoms with Crippen LogP contribution in [-0.4, -0.2) is 38.0 Å². The third-order valence-electron chi connectivity index (χ3n) is 5.43. The van der Waals surface area contributed by atoms with Gasteiger partial charge in [0.05, 0.1) is 19.9 Å². The summed E-state index contributed by atoms with van der Waals surface area (Å²) in [7, 11) is 4.34. The average molecular weight is 546 g/mol. The predicted molar refractivity (Wildman–Crippen MR) is 139 cm³/mol. The lowest BCUT2D eigenvalue weighted by Gasteiger charge is -2.13. The van der Waals surface area contributed by atoms with Crippen LogP contribution >= 0.6 is 23.2 Å². The quantitative estimate of drug-likeness (QED) is 0.269. The van der Waals surface area contributed by atoms with Crippen molar-refractivity contribution in [1.82, 2.24) is 24.1 Å². The maximum absolute atomic E-state index is 13.1. The van der Waals surface area contributed by atoms with Gasteiger partial charge in [-0.15, -0.1) is 0 Å². The maximum atomic E-state index is 13.1. The molecule has 0 fully saturated rings. The number of nitrogens with one attached hydrogen (secondary N) is 1. The van der Waals surface area contributed by atoms with Crippen molar-refractivity contribution in [2.45, 2.75) is 6.54 Å². The highest BCUT2D eigenvalue weighted by molar-refractivity contribution is 6.35. The number of nitrogens with two attached hydrogens (primary N) is 1. The van der Waals surface area contributed by atoms with Crippen molar-refractivity contribution in [3.8, 4) is 17.5 Å². The molecule has 0 atom stereocenters. The van der Waals surface area contributed by atoms with Gasteiger partial charge in [-0.2, -0.15) is 10.1 Å². The van der Waals surface area contributed by atoms with Crippen molar-refractivity contribution < 1.29 is 14.3 Å². The van der Waals surface area contributed by atoms with E-state index in [0.29, 0.717) is 26.9 Å². The summed E-state index contributed by atoms with van der Waals surface area (Å²) in [6.45, 7) is 0.0983. The van der Waals surface area contributed by atoms with Gasteiger partial charge in [0.15, 0.2) is 22.7 Å². The molecule has 3 N–H and O–H groups in total. The van der Waals surface area contributed by atoms with Crippen LogP contribution in [0.25, 0.3) is 11.2 Å². The van der Waals surface area contributed by atoms with Crippen molar-refractivity contribution in [2.24, 2.45) is 24.9 Å². The number of ether oxygens (including phenoxy) is 2.